The molecule has 6 heteroatoms. The van der Waals surface area contributed by atoms with Crippen LogP contribution in [0.4, 0.5) is 5.69 Å². The number of aromatic nitrogens is 2. The Labute approximate surface area is 131 Å². The summed E-state index contributed by atoms with van der Waals surface area (Å²) in [5, 5.41) is 3.30. The van der Waals surface area contributed by atoms with E-state index in [1.165, 1.54) is 12.3 Å². The molecule has 0 amide bonds. The molecule has 0 unspecified atom stereocenters. The van der Waals surface area contributed by atoms with E-state index >= 15 is 0 Å². The van der Waals surface area contributed by atoms with Gasteiger partial charge in [0, 0.05) is 6.20 Å². The molecule has 0 bridgehead atoms. The summed E-state index contributed by atoms with van der Waals surface area (Å²) in [7, 11) is -3.42. The fourth-order valence-corrected chi connectivity index (χ4v) is 2.91. The first-order valence-corrected chi connectivity index (χ1v) is 8.55. The van der Waals surface area contributed by atoms with Gasteiger partial charge < -0.3 is 5.32 Å². The van der Waals surface area contributed by atoms with Gasteiger partial charge in [0.2, 0.25) is 0 Å². The predicted molar refractivity (Wildman–Crippen MR) is 87.5 cm³/mol. The van der Waals surface area contributed by atoms with Crippen LogP contribution in [-0.2, 0) is 16.4 Å². The summed E-state index contributed by atoms with van der Waals surface area (Å²) in [5.74, 6) is 0. The number of pyridine rings is 2. The molecule has 0 fully saturated rings. The maximum Gasteiger partial charge on any atom is 0.200 e. The fourth-order valence-electron chi connectivity index (χ4n) is 1.85. The maximum atomic E-state index is 12.3. The van der Waals surface area contributed by atoms with Crippen molar-refractivity contribution in [2.75, 3.05) is 5.32 Å². The third kappa shape index (κ3) is 3.44. The van der Waals surface area contributed by atoms with E-state index in [-0.39, 0.29) is 5.03 Å². The van der Waals surface area contributed by atoms with E-state index in [0.29, 0.717) is 6.54 Å². The van der Waals surface area contributed by atoms with Gasteiger partial charge in [-0.3, -0.25) is 4.98 Å². The summed E-state index contributed by atoms with van der Waals surface area (Å²) in [6.45, 7) is 7.57. The molecule has 0 atom stereocenters. The van der Waals surface area contributed by atoms with Gasteiger partial charge in [0.05, 0.1) is 28.9 Å². The number of hydrogen-bond donors (Lipinski definition) is 1. The molecule has 0 aliphatic heterocycles. The Morgan fingerprint density at radius 1 is 1.14 bits per heavy atom. The molecule has 0 radical (unpaired) electrons. The highest BCUT2D eigenvalue weighted by Crippen LogP contribution is 2.23. The van der Waals surface area contributed by atoms with Crippen molar-refractivity contribution in [1.29, 1.82) is 0 Å². The van der Waals surface area contributed by atoms with E-state index in [9.17, 15) is 8.42 Å². The van der Waals surface area contributed by atoms with Crippen LogP contribution in [0.25, 0.3) is 0 Å². The van der Waals surface area contributed by atoms with Gasteiger partial charge in [-0.25, -0.2) is 13.4 Å². The Bertz CT molecular complexity index is 748. The zero-order valence-corrected chi connectivity index (χ0v) is 14.1. The van der Waals surface area contributed by atoms with Gasteiger partial charge in [-0.1, -0.05) is 6.07 Å². The Balaban J connectivity index is 2.12. The van der Waals surface area contributed by atoms with Gasteiger partial charge in [0.1, 0.15) is 0 Å². The van der Waals surface area contributed by atoms with Crippen LogP contribution in [0.15, 0.2) is 41.7 Å². The van der Waals surface area contributed by atoms with Crippen LogP contribution in [0.1, 0.15) is 32.0 Å². The number of rotatable bonds is 4. The normalized spacial score (nSPS) is 12.2. The second kappa shape index (κ2) is 6.04. The van der Waals surface area contributed by atoms with Crippen molar-refractivity contribution in [3.63, 3.8) is 0 Å². The summed E-state index contributed by atoms with van der Waals surface area (Å²) in [4.78, 5) is 8.38. The molecule has 2 rings (SSSR count). The first kappa shape index (κ1) is 16.4. The van der Waals surface area contributed by atoms with Gasteiger partial charge in [-0.05, 0) is 51.5 Å². The van der Waals surface area contributed by atoms with Crippen molar-refractivity contribution in [3.8, 4) is 0 Å². The van der Waals surface area contributed by atoms with Crippen LogP contribution in [0.3, 0.4) is 0 Å². The van der Waals surface area contributed by atoms with Gasteiger partial charge >= 0.3 is 0 Å². The van der Waals surface area contributed by atoms with Crippen LogP contribution in [0.2, 0.25) is 0 Å². The predicted octanol–water partition coefficient (Wildman–Crippen LogP) is 2.97. The minimum absolute atomic E-state index is 0.0968. The molecule has 22 heavy (non-hydrogen) atoms. The van der Waals surface area contributed by atoms with Crippen LogP contribution in [0, 0.1) is 6.92 Å². The van der Waals surface area contributed by atoms with Crippen molar-refractivity contribution in [2.45, 2.75) is 44.0 Å². The zero-order chi connectivity index (χ0) is 16.4. The van der Waals surface area contributed by atoms with Crippen molar-refractivity contribution in [3.05, 3.63) is 47.9 Å². The number of nitrogens with one attached hydrogen (secondary N) is 1. The number of aryl methyl sites for hydroxylation is 1. The summed E-state index contributed by atoms with van der Waals surface area (Å²) in [6, 6.07) is 7.16. The lowest BCUT2D eigenvalue weighted by molar-refractivity contribution is 0.556. The average molecular weight is 319 g/mol. The van der Waals surface area contributed by atoms with E-state index < -0.39 is 14.6 Å². The topological polar surface area (TPSA) is 72.0 Å². The van der Waals surface area contributed by atoms with Crippen LogP contribution in [-0.4, -0.2) is 23.1 Å². The number of anilines is 1. The molecule has 0 saturated carbocycles. The lowest BCUT2D eigenvalue weighted by Crippen LogP contribution is -2.28. The molecular weight excluding hydrogens is 298 g/mol. The third-order valence-corrected chi connectivity index (χ3v) is 5.80. The fraction of sp³-hybridized carbons (Fsp3) is 0.375. The largest absolute Gasteiger partial charge is 0.378 e. The summed E-state index contributed by atoms with van der Waals surface area (Å²) in [5.41, 5.74) is 2.82. The molecule has 0 aliphatic rings. The Morgan fingerprint density at radius 2 is 1.86 bits per heavy atom. The Morgan fingerprint density at radius 3 is 2.41 bits per heavy atom. The highest BCUT2D eigenvalue weighted by atomic mass is 32.2. The molecule has 2 aromatic heterocycles. The van der Waals surface area contributed by atoms with Crippen LogP contribution in [0.5, 0.6) is 0 Å². The molecule has 0 saturated heterocycles. The number of hydrogen-bond acceptors (Lipinski definition) is 5. The van der Waals surface area contributed by atoms with Gasteiger partial charge in [-0.15, -0.1) is 0 Å². The SMILES string of the molecule is Cc1cccnc1CNc1ccc(S(=O)(=O)C(C)(C)C)nc1. The molecule has 0 aromatic carbocycles. The van der Waals surface area contributed by atoms with Crippen molar-refractivity contribution in [1.82, 2.24) is 9.97 Å². The molecule has 0 spiro atoms. The van der Waals surface area contributed by atoms with E-state index in [1.54, 1.807) is 33.0 Å². The quantitative estimate of drug-likeness (QED) is 0.938. The van der Waals surface area contributed by atoms with Gasteiger partial charge in [0.25, 0.3) is 0 Å². The standard InChI is InChI=1S/C16H21N3O2S/c1-12-6-5-9-17-14(12)11-18-13-7-8-15(19-10-13)22(20,21)16(2,3)4/h5-10,18H,11H2,1-4H3. The summed E-state index contributed by atoms with van der Waals surface area (Å²) in [6.07, 6.45) is 3.29. The molecule has 2 aromatic rings. The van der Waals surface area contributed by atoms with Crippen LogP contribution < -0.4 is 5.32 Å². The lowest BCUT2D eigenvalue weighted by atomic mass is 10.2. The second-order valence-electron chi connectivity index (χ2n) is 6.12. The Hall–Kier alpha value is -1.95. The molecule has 1 N–H and O–H groups in total. The third-order valence-electron chi connectivity index (χ3n) is 3.40. The first-order chi connectivity index (χ1) is 10.2. The molecule has 118 valence electrons. The van der Waals surface area contributed by atoms with Crippen LogP contribution >= 0.6 is 0 Å². The monoisotopic (exact) mass is 319 g/mol. The Kier molecular flexibility index (Phi) is 4.51. The number of nitrogens with zero attached hydrogens (tertiary/aromatic N) is 2. The highest BCUT2D eigenvalue weighted by Gasteiger charge is 2.31. The van der Waals surface area contributed by atoms with E-state index in [0.717, 1.165) is 16.9 Å². The molecule has 5 nitrogen and oxygen atoms in total. The average Bonchev–Trinajstić information content (AvgIpc) is 2.46. The second-order valence-corrected chi connectivity index (χ2v) is 8.77. The molecular formula is C16H21N3O2S. The minimum atomic E-state index is -3.42. The minimum Gasteiger partial charge on any atom is -0.378 e. The van der Waals surface area contributed by atoms with E-state index in [2.05, 4.69) is 15.3 Å². The van der Waals surface area contributed by atoms with Crippen molar-refractivity contribution < 1.29 is 8.42 Å². The lowest BCUT2D eigenvalue weighted by Gasteiger charge is -2.18. The van der Waals surface area contributed by atoms with E-state index in [4.69, 9.17) is 0 Å². The number of sulfone groups is 1. The van der Waals surface area contributed by atoms with E-state index in [1.807, 2.05) is 19.1 Å². The van der Waals surface area contributed by atoms with Gasteiger partial charge in [0.15, 0.2) is 14.9 Å². The van der Waals surface area contributed by atoms with Gasteiger partial charge in [-0.2, -0.15) is 0 Å². The maximum absolute atomic E-state index is 12.3. The zero-order valence-electron chi connectivity index (χ0n) is 13.3. The summed E-state index contributed by atoms with van der Waals surface area (Å²) < 4.78 is 23.7. The summed E-state index contributed by atoms with van der Waals surface area (Å²) >= 11 is 0. The molecule has 2 heterocycles. The highest BCUT2D eigenvalue weighted by molar-refractivity contribution is 7.92. The smallest absolute Gasteiger partial charge is 0.200 e. The van der Waals surface area contributed by atoms with Crippen molar-refractivity contribution >= 4 is 15.5 Å². The molecule has 0 aliphatic carbocycles. The first-order valence-electron chi connectivity index (χ1n) is 7.07. The van der Waals surface area contributed by atoms with Crippen molar-refractivity contribution in [2.24, 2.45) is 0 Å².